The van der Waals surface area contributed by atoms with E-state index in [1.165, 1.54) is 10.8 Å². The summed E-state index contributed by atoms with van der Waals surface area (Å²) in [4.78, 5) is 3.97. The maximum atomic E-state index is 10.2. The Labute approximate surface area is 159 Å². The molecule has 3 N–H and O–H groups in total. The van der Waals surface area contributed by atoms with Crippen LogP contribution in [0.3, 0.4) is 0 Å². The van der Waals surface area contributed by atoms with Crippen molar-refractivity contribution >= 4 is 11.3 Å². The van der Waals surface area contributed by atoms with E-state index < -0.39 is 30.2 Å². The van der Waals surface area contributed by atoms with Gasteiger partial charge in [0.1, 0.15) is 36.2 Å². The van der Waals surface area contributed by atoms with Crippen molar-refractivity contribution in [2.45, 2.75) is 30.2 Å². The highest BCUT2D eigenvalue weighted by molar-refractivity contribution is 5.66. The summed E-state index contributed by atoms with van der Waals surface area (Å²) in [5.74, 6) is 0.286. The first-order chi connectivity index (χ1) is 13.7. The molecule has 0 spiro atoms. The molecule has 2 saturated heterocycles. The van der Waals surface area contributed by atoms with Crippen molar-refractivity contribution in [2.75, 3.05) is 12.3 Å². The zero-order valence-corrected chi connectivity index (χ0v) is 14.7. The molecule has 9 nitrogen and oxygen atoms in total. The summed E-state index contributed by atoms with van der Waals surface area (Å²) in [7, 11) is 0. The molecule has 4 heterocycles. The average molecular weight is 379 g/mol. The molecule has 2 aromatic heterocycles. The summed E-state index contributed by atoms with van der Waals surface area (Å²) in [5.41, 5.74) is 6.23. The van der Waals surface area contributed by atoms with Crippen LogP contribution in [0.5, 0.6) is 0 Å². The van der Waals surface area contributed by atoms with Crippen molar-refractivity contribution < 1.29 is 19.3 Å². The second-order valence-corrected chi connectivity index (χ2v) is 6.75. The smallest absolute Gasteiger partial charge is 0.226 e. The maximum absolute atomic E-state index is 10.2. The van der Waals surface area contributed by atoms with E-state index in [-0.39, 0.29) is 12.4 Å². The standard InChI is InChI=1S/C19H17N5O4/c20-9-19(14-7-6-12-17(21)22-10-23-24(12)14)16-15(13(8-25)28-19)26-18(27-16)11-4-2-1-3-5-11/h1-7,10,13,15-16,18,25H,8H2,(H2,21,22,23). The number of nitriles is 1. The Morgan fingerprint density at radius 1 is 1.21 bits per heavy atom. The number of hydrogen-bond acceptors (Lipinski definition) is 8. The number of hydrogen-bond donors (Lipinski definition) is 2. The molecular formula is C19H17N5O4. The maximum Gasteiger partial charge on any atom is 0.226 e. The third kappa shape index (κ3) is 2.26. The number of anilines is 1. The van der Waals surface area contributed by atoms with E-state index in [1.54, 1.807) is 12.1 Å². The Hall–Kier alpha value is -3.03. The Morgan fingerprint density at radius 2 is 2.04 bits per heavy atom. The molecule has 5 rings (SSSR count). The summed E-state index contributed by atoms with van der Waals surface area (Å²) in [5, 5.41) is 24.2. The SMILES string of the molecule is N#CC1(c2ccc3c(N)ncnn23)OC(CO)C2OC(c3ccccc3)OC21. The largest absolute Gasteiger partial charge is 0.394 e. The minimum atomic E-state index is -1.52. The number of aliphatic hydroxyl groups excluding tert-OH is 1. The number of ether oxygens (including phenoxy) is 3. The fraction of sp³-hybridized carbons (Fsp3) is 0.316. The van der Waals surface area contributed by atoms with Crippen molar-refractivity contribution in [3.8, 4) is 6.07 Å². The summed E-state index contributed by atoms with van der Waals surface area (Å²) in [6, 6.07) is 15.1. The number of nitrogens with zero attached hydrogens (tertiary/aromatic N) is 4. The minimum Gasteiger partial charge on any atom is -0.394 e. The van der Waals surface area contributed by atoms with Gasteiger partial charge in [0.15, 0.2) is 12.1 Å². The van der Waals surface area contributed by atoms with Crippen molar-refractivity contribution in [2.24, 2.45) is 0 Å². The molecule has 0 saturated carbocycles. The topological polar surface area (TPSA) is 128 Å². The van der Waals surface area contributed by atoms with Gasteiger partial charge in [0, 0.05) is 5.56 Å². The van der Waals surface area contributed by atoms with Crippen molar-refractivity contribution in [1.29, 1.82) is 5.26 Å². The predicted octanol–water partition coefficient (Wildman–Crippen LogP) is 0.904. The Morgan fingerprint density at radius 3 is 2.79 bits per heavy atom. The summed E-state index contributed by atoms with van der Waals surface area (Å²) in [6.45, 7) is -0.310. The third-order valence-electron chi connectivity index (χ3n) is 5.23. The molecule has 0 aliphatic carbocycles. The Kier molecular flexibility index (Phi) is 3.82. The Bertz CT molecular complexity index is 1070. The van der Waals surface area contributed by atoms with Gasteiger partial charge in [0.2, 0.25) is 5.60 Å². The van der Waals surface area contributed by atoms with Crippen LogP contribution in [0.15, 0.2) is 48.8 Å². The van der Waals surface area contributed by atoms with Crippen LogP contribution >= 0.6 is 0 Å². The second-order valence-electron chi connectivity index (χ2n) is 6.75. The van der Waals surface area contributed by atoms with Crippen LogP contribution < -0.4 is 5.73 Å². The lowest BCUT2D eigenvalue weighted by Crippen LogP contribution is -2.39. The fourth-order valence-electron chi connectivity index (χ4n) is 3.94. The monoisotopic (exact) mass is 379 g/mol. The number of nitrogen functional groups attached to an aromatic ring is 1. The van der Waals surface area contributed by atoms with E-state index in [0.717, 1.165) is 5.56 Å². The molecule has 3 aromatic rings. The van der Waals surface area contributed by atoms with Crippen LogP contribution in [0.1, 0.15) is 17.5 Å². The number of benzene rings is 1. The highest BCUT2D eigenvalue weighted by atomic mass is 16.8. The summed E-state index contributed by atoms with van der Waals surface area (Å²) >= 11 is 0. The summed E-state index contributed by atoms with van der Waals surface area (Å²) in [6.07, 6.45) is -1.43. The first kappa shape index (κ1) is 17.1. The van der Waals surface area contributed by atoms with Gasteiger partial charge in [0.05, 0.1) is 12.3 Å². The Balaban J connectivity index is 1.61. The van der Waals surface area contributed by atoms with Gasteiger partial charge in [-0.05, 0) is 12.1 Å². The molecule has 9 heteroatoms. The number of fused-ring (bicyclic) bond motifs is 2. The van der Waals surface area contributed by atoms with Crippen LogP contribution in [0.25, 0.3) is 5.52 Å². The molecule has 2 aliphatic heterocycles. The average Bonchev–Trinajstić information content (AvgIpc) is 3.42. The number of nitrogens with two attached hydrogens (primary N) is 1. The van der Waals surface area contributed by atoms with Crippen LogP contribution in [-0.4, -0.2) is 44.6 Å². The molecular weight excluding hydrogens is 362 g/mol. The van der Waals surface area contributed by atoms with Gasteiger partial charge >= 0.3 is 0 Å². The lowest BCUT2D eigenvalue weighted by molar-refractivity contribution is -0.160. The van der Waals surface area contributed by atoms with E-state index >= 15 is 0 Å². The molecule has 2 fully saturated rings. The molecule has 0 radical (unpaired) electrons. The normalized spacial score (nSPS) is 31.7. The van der Waals surface area contributed by atoms with Gasteiger partial charge in [-0.3, -0.25) is 0 Å². The van der Waals surface area contributed by atoms with Crippen LogP contribution in [0.2, 0.25) is 0 Å². The van der Waals surface area contributed by atoms with E-state index in [0.29, 0.717) is 11.2 Å². The number of aliphatic hydroxyl groups is 1. The zero-order valence-electron chi connectivity index (χ0n) is 14.7. The van der Waals surface area contributed by atoms with E-state index in [9.17, 15) is 10.4 Å². The minimum absolute atomic E-state index is 0.286. The number of rotatable bonds is 3. The first-order valence-electron chi connectivity index (χ1n) is 8.82. The molecule has 28 heavy (non-hydrogen) atoms. The lowest BCUT2D eigenvalue weighted by atomic mass is 9.92. The van der Waals surface area contributed by atoms with Gasteiger partial charge < -0.3 is 25.1 Å². The fourth-order valence-corrected chi connectivity index (χ4v) is 3.94. The second kappa shape index (κ2) is 6.25. The molecule has 2 aliphatic rings. The molecule has 5 unspecified atom stereocenters. The molecule has 0 bridgehead atoms. The molecule has 0 amide bonds. The van der Waals surface area contributed by atoms with Gasteiger partial charge in [-0.1, -0.05) is 30.3 Å². The van der Waals surface area contributed by atoms with E-state index in [4.69, 9.17) is 19.9 Å². The van der Waals surface area contributed by atoms with Crippen LogP contribution in [-0.2, 0) is 19.8 Å². The van der Waals surface area contributed by atoms with Gasteiger partial charge in [-0.15, -0.1) is 0 Å². The van der Waals surface area contributed by atoms with Crippen LogP contribution in [0.4, 0.5) is 5.82 Å². The lowest BCUT2D eigenvalue weighted by Gasteiger charge is -2.26. The first-order valence-corrected chi connectivity index (χ1v) is 8.82. The van der Waals surface area contributed by atoms with Gasteiger partial charge in [0.25, 0.3) is 0 Å². The van der Waals surface area contributed by atoms with Gasteiger partial charge in [-0.25, -0.2) is 9.50 Å². The van der Waals surface area contributed by atoms with Gasteiger partial charge in [-0.2, -0.15) is 10.4 Å². The zero-order chi connectivity index (χ0) is 19.3. The van der Waals surface area contributed by atoms with Crippen LogP contribution in [0, 0.1) is 11.3 Å². The number of aromatic nitrogens is 3. The highest BCUT2D eigenvalue weighted by Crippen LogP contribution is 2.49. The molecule has 142 valence electrons. The molecule has 1 aromatic carbocycles. The third-order valence-corrected chi connectivity index (χ3v) is 5.23. The van der Waals surface area contributed by atoms with E-state index in [2.05, 4.69) is 16.2 Å². The predicted molar refractivity (Wildman–Crippen MR) is 95.6 cm³/mol. The van der Waals surface area contributed by atoms with Crippen molar-refractivity contribution in [3.63, 3.8) is 0 Å². The quantitative estimate of drug-likeness (QED) is 0.687. The summed E-state index contributed by atoms with van der Waals surface area (Å²) < 4.78 is 19.7. The van der Waals surface area contributed by atoms with Crippen molar-refractivity contribution in [3.05, 3.63) is 60.0 Å². The van der Waals surface area contributed by atoms with Crippen molar-refractivity contribution in [1.82, 2.24) is 14.6 Å². The highest BCUT2D eigenvalue weighted by Gasteiger charge is 2.63. The molecule has 5 atom stereocenters. The van der Waals surface area contributed by atoms with E-state index in [1.807, 2.05) is 30.3 Å².